The summed E-state index contributed by atoms with van der Waals surface area (Å²) in [6.45, 7) is 2.16. The Labute approximate surface area is 112 Å². The number of halogens is 2. The third kappa shape index (κ3) is 2.64. The van der Waals surface area contributed by atoms with E-state index in [2.05, 4.69) is 15.9 Å². The first-order chi connectivity index (χ1) is 8.61. The average molecular weight is 316 g/mol. The monoisotopic (exact) mass is 315 g/mol. The van der Waals surface area contributed by atoms with Crippen LogP contribution in [0.15, 0.2) is 34.6 Å². The molecule has 6 heteroatoms. The lowest BCUT2D eigenvalue weighted by molar-refractivity contribution is -0.142. The molecule has 0 unspecified atom stereocenters. The summed E-state index contributed by atoms with van der Waals surface area (Å²) >= 11 is 3.08. The second-order valence-corrected chi connectivity index (χ2v) is 4.41. The summed E-state index contributed by atoms with van der Waals surface area (Å²) in [6.07, 6.45) is 1.50. The number of benzene rings is 1. The number of carbonyl (C=O) groups is 1. The number of ether oxygens (including phenoxy) is 2. The van der Waals surface area contributed by atoms with Crippen molar-refractivity contribution < 1.29 is 18.7 Å². The van der Waals surface area contributed by atoms with E-state index in [4.69, 9.17) is 9.47 Å². The molecular formula is C12H11BrFNO3. The van der Waals surface area contributed by atoms with E-state index in [9.17, 15) is 9.18 Å². The second kappa shape index (κ2) is 5.39. The van der Waals surface area contributed by atoms with E-state index in [-0.39, 0.29) is 24.9 Å². The van der Waals surface area contributed by atoms with Crippen LogP contribution in [0.4, 0.5) is 10.1 Å². The third-order valence-electron chi connectivity index (χ3n) is 2.34. The van der Waals surface area contributed by atoms with Crippen molar-refractivity contribution in [1.29, 1.82) is 0 Å². The molecule has 0 fully saturated rings. The molecule has 0 aliphatic carbocycles. The van der Waals surface area contributed by atoms with E-state index in [1.165, 1.54) is 12.3 Å². The van der Waals surface area contributed by atoms with Crippen molar-refractivity contribution in [3.05, 3.63) is 40.4 Å². The van der Waals surface area contributed by atoms with Gasteiger partial charge in [-0.2, -0.15) is 0 Å². The summed E-state index contributed by atoms with van der Waals surface area (Å²) in [5, 5.41) is 0. The van der Waals surface area contributed by atoms with E-state index >= 15 is 0 Å². The van der Waals surface area contributed by atoms with Crippen LogP contribution in [0.2, 0.25) is 0 Å². The largest absolute Gasteiger partial charge is 0.464 e. The van der Waals surface area contributed by atoms with Crippen LogP contribution in [0.3, 0.4) is 0 Å². The highest BCUT2D eigenvalue weighted by Crippen LogP contribution is 2.25. The van der Waals surface area contributed by atoms with Crippen LogP contribution in [0.5, 0.6) is 0 Å². The van der Waals surface area contributed by atoms with Crippen LogP contribution >= 0.6 is 15.9 Å². The number of anilines is 1. The maximum Gasteiger partial charge on any atom is 0.375 e. The minimum atomic E-state index is -0.516. The van der Waals surface area contributed by atoms with Gasteiger partial charge in [0.15, 0.2) is 6.73 Å². The topological polar surface area (TPSA) is 38.8 Å². The number of hydrogen-bond donors (Lipinski definition) is 0. The Bertz CT molecular complexity index is 504. The van der Waals surface area contributed by atoms with E-state index in [1.54, 1.807) is 24.0 Å². The molecule has 0 atom stereocenters. The van der Waals surface area contributed by atoms with Crippen molar-refractivity contribution >= 4 is 27.6 Å². The third-order valence-corrected chi connectivity index (χ3v) is 2.99. The van der Waals surface area contributed by atoms with Crippen molar-refractivity contribution in [2.45, 2.75) is 6.92 Å². The molecule has 1 aliphatic rings. The van der Waals surface area contributed by atoms with E-state index < -0.39 is 5.97 Å². The number of rotatable bonds is 3. The molecule has 1 heterocycles. The van der Waals surface area contributed by atoms with Crippen LogP contribution in [-0.4, -0.2) is 19.3 Å². The Hall–Kier alpha value is -1.56. The molecule has 0 amide bonds. The first kappa shape index (κ1) is 12.9. The molecule has 0 radical (unpaired) electrons. The van der Waals surface area contributed by atoms with Crippen LogP contribution in [0.1, 0.15) is 6.92 Å². The Kier molecular flexibility index (Phi) is 3.86. The molecule has 0 N–H and O–H groups in total. The SMILES string of the molecule is CCOC(=O)C1=CN(c2ccc(Br)c(F)c2)CO1. The zero-order valence-corrected chi connectivity index (χ0v) is 11.2. The summed E-state index contributed by atoms with van der Waals surface area (Å²) in [7, 11) is 0. The average Bonchev–Trinajstić information content (AvgIpc) is 2.82. The van der Waals surface area contributed by atoms with Crippen molar-refractivity contribution in [1.82, 2.24) is 0 Å². The Morgan fingerprint density at radius 1 is 1.61 bits per heavy atom. The van der Waals surface area contributed by atoms with Crippen molar-refractivity contribution in [2.24, 2.45) is 0 Å². The molecule has 1 aromatic carbocycles. The lowest BCUT2D eigenvalue weighted by Crippen LogP contribution is -2.13. The zero-order chi connectivity index (χ0) is 13.1. The molecule has 1 aromatic rings. The van der Waals surface area contributed by atoms with Crippen molar-refractivity contribution in [3.8, 4) is 0 Å². The van der Waals surface area contributed by atoms with Gasteiger partial charge in [-0.15, -0.1) is 0 Å². The summed E-state index contributed by atoms with van der Waals surface area (Å²) in [5.41, 5.74) is 0.606. The fourth-order valence-corrected chi connectivity index (χ4v) is 1.73. The first-order valence-corrected chi connectivity index (χ1v) is 6.14. The van der Waals surface area contributed by atoms with E-state index in [0.29, 0.717) is 10.2 Å². The lowest BCUT2D eigenvalue weighted by Gasteiger charge is -2.13. The van der Waals surface area contributed by atoms with Gasteiger partial charge in [-0.25, -0.2) is 9.18 Å². The van der Waals surface area contributed by atoms with Crippen LogP contribution < -0.4 is 4.90 Å². The molecule has 1 aliphatic heterocycles. The van der Waals surface area contributed by atoms with Gasteiger partial charge in [0.2, 0.25) is 5.76 Å². The molecule has 0 spiro atoms. The second-order valence-electron chi connectivity index (χ2n) is 3.56. The summed E-state index contributed by atoms with van der Waals surface area (Å²) in [4.78, 5) is 13.0. The Balaban J connectivity index is 2.16. The number of hydrogen-bond acceptors (Lipinski definition) is 4. The number of esters is 1. The predicted molar refractivity (Wildman–Crippen MR) is 67.2 cm³/mol. The van der Waals surface area contributed by atoms with Gasteiger partial charge in [-0.1, -0.05) is 0 Å². The van der Waals surface area contributed by atoms with Gasteiger partial charge < -0.3 is 14.4 Å². The first-order valence-electron chi connectivity index (χ1n) is 5.35. The molecule has 0 bridgehead atoms. The van der Waals surface area contributed by atoms with Crippen LogP contribution in [0, 0.1) is 5.82 Å². The fourth-order valence-electron chi connectivity index (χ4n) is 1.48. The molecule has 96 valence electrons. The standard InChI is InChI=1S/C12H11BrFNO3/c1-2-17-12(16)11-6-15(7-18-11)8-3-4-9(13)10(14)5-8/h3-6H,2,7H2,1H3. The number of nitrogens with zero attached hydrogens (tertiary/aromatic N) is 1. The quantitative estimate of drug-likeness (QED) is 0.804. The van der Waals surface area contributed by atoms with E-state index in [0.717, 1.165) is 0 Å². The summed E-state index contributed by atoms with van der Waals surface area (Å²) < 4.78 is 23.8. The summed E-state index contributed by atoms with van der Waals surface area (Å²) in [5.74, 6) is -0.761. The maximum atomic E-state index is 13.4. The van der Waals surface area contributed by atoms with Gasteiger partial charge in [0.25, 0.3) is 0 Å². The normalized spacial score (nSPS) is 14.2. The predicted octanol–water partition coefficient (Wildman–Crippen LogP) is 2.79. The molecule has 0 aromatic heterocycles. The Morgan fingerprint density at radius 3 is 3.06 bits per heavy atom. The van der Waals surface area contributed by atoms with Gasteiger partial charge in [-0.05, 0) is 41.1 Å². The van der Waals surface area contributed by atoms with Gasteiger partial charge >= 0.3 is 5.97 Å². The lowest BCUT2D eigenvalue weighted by atomic mass is 10.3. The van der Waals surface area contributed by atoms with Crippen molar-refractivity contribution in [2.75, 3.05) is 18.2 Å². The maximum absolute atomic E-state index is 13.4. The Morgan fingerprint density at radius 2 is 2.39 bits per heavy atom. The molecular weight excluding hydrogens is 305 g/mol. The molecule has 18 heavy (non-hydrogen) atoms. The zero-order valence-electron chi connectivity index (χ0n) is 9.65. The minimum absolute atomic E-state index is 0.125. The van der Waals surface area contributed by atoms with Gasteiger partial charge in [0.05, 0.1) is 17.3 Å². The van der Waals surface area contributed by atoms with Gasteiger partial charge in [0, 0.05) is 5.69 Å². The molecule has 0 saturated carbocycles. The van der Waals surface area contributed by atoms with Gasteiger partial charge in [-0.3, -0.25) is 0 Å². The summed E-state index contributed by atoms with van der Waals surface area (Å²) in [6, 6.07) is 4.68. The van der Waals surface area contributed by atoms with Crippen LogP contribution in [-0.2, 0) is 14.3 Å². The van der Waals surface area contributed by atoms with Crippen LogP contribution in [0.25, 0.3) is 0 Å². The highest BCUT2D eigenvalue weighted by molar-refractivity contribution is 9.10. The van der Waals surface area contributed by atoms with Gasteiger partial charge in [0.1, 0.15) is 5.82 Å². The smallest absolute Gasteiger partial charge is 0.375 e. The van der Waals surface area contributed by atoms with Crippen molar-refractivity contribution in [3.63, 3.8) is 0 Å². The molecule has 2 rings (SSSR count). The minimum Gasteiger partial charge on any atom is -0.464 e. The highest BCUT2D eigenvalue weighted by atomic mass is 79.9. The molecule has 4 nitrogen and oxygen atoms in total. The highest BCUT2D eigenvalue weighted by Gasteiger charge is 2.22. The van der Waals surface area contributed by atoms with E-state index in [1.807, 2.05) is 0 Å². The molecule has 0 saturated heterocycles. The fraction of sp³-hybridized carbons (Fsp3) is 0.250. The number of carbonyl (C=O) groups excluding carboxylic acids is 1.